The van der Waals surface area contributed by atoms with Crippen LogP contribution in [-0.2, 0) is 4.79 Å². The van der Waals surface area contributed by atoms with Crippen LogP contribution in [0.5, 0.6) is 0 Å². The van der Waals surface area contributed by atoms with Crippen LogP contribution in [0, 0.1) is 6.92 Å². The number of furan rings is 1. The minimum Gasteiger partial charge on any atom is -0.463 e. The number of pyridine rings is 1. The van der Waals surface area contributed by atoms with E-state index in [2.05, 4.69) is 4.98 Å². The molecule has 1 saturated heterocycles. The van der Waals surface area contributed by atoms with Gasteiger partial charge in [0.05, 0.1) is 17.3 Å². The van der Waals surface area contributed by atoms with Gasteiger partial charge in [-0.25, -0.2) is 4.98 Å². The third kappa shape index (κ3) is 3.30. The van der Waals surface area contributed by atoms with Crippen LogP contribution in [0.4, 0.5) is 0 Å². The number of hydrogen-bond donors (Lipinski definition) is 0. The Hall–Kier alpha value is -3.15. The van der Waals surface area contributed by atoms with E-state index in [-0.39, 0.29) is 11.8 Å². The summed E-state index contributed by atoms with van der Waals surface area (Å²) >= 11 is 0. The number of rotatable bonds is 2. The normalized spacial score (nSPS) is 14.6. The summed E-state index contributed by atoms with van der Waals surface area (Å²) in [6.07, 6.45) is 1.60. The van der Waals surface area contributed by atoms with Crippen LogP contribution < -0.4 is 0 Å². The lowest BCUT2D eigenvalue weighted by Gasteiger charge is -2.34. The molecule has 0 radical (unpaired) electrons. The molecule has 6 heteroatoms. The minimum absolute atomic E-state index is 0.0380. The van der Waals surface area contributed by atoms with Gasteiger partial charge in [0.25, 0.3) is 5.91 Å². The van der Waals surface area contributed by atoms with Gasteiger partial charge in [-0.2, -0.15) is 0 Å². The second-order valence-electron chi connectivity index (χ2n) is 6.85. The molecule has 0 unspecified atom stereocenters. The molecule has 1 aromatic carbocycles. The molecule has 0 atom stereocenters. The van der Waals surface area contributed by atoms with Crippen LogP contribution in [0.2, 0.25) is 0 Å². The molecule has 1 aliphatic heterocycles. The van der Waals surface area contributed by atoms with E-state index >= 15 is 0 Å². The van der Waals surface area contributed by atoms with Crippen molar-refractivity contribution in [2.45, 2.75) is 13.8 Å². The first-order valence-electron chi connectivity index (χ1n) is 9.03. The number of hydrogen-bond acceptors (Lipinski definition) is 4. The molecule has 138 valence electrons. The number of piperazine rings is 1. The van der Waals surface area contributed by atoms with E-state index in [1.807, 2.05) is 36.1 Å². The van der Waals surface area contributed by atoms with E-state index in [0.29, 0.717) is 43.2 Å². The summed E-state index contributed by atoms with van der Waals surface area (Å²) in [4.78, 5) is 33.1. The number of aromatic nitrogens is 1. The monoisotopic (exact) mass is 363 g/mol. The molecule has 0 spiro atoms. The number of aryl methyl sites for hydroxylation is 1. The third-order valence-corrected chi connectivity index (χ3v) is 4.98. The fraction of sp³-hybridized carbons (Fsp3) is 0.286. The van der Waals surface area contributed by atoms with Crippen molar-refractivity contribution in [2.75, 3.05) is 26.2 Å². The predicted octanol–water partition coefficient (Wildman–Crippen LogP) is 3.11. The number of fused-ring (bicyclic) bond motifs is 1. The lowest BCUT2D eigenvalue weighted by atomic mass is 10.0. The molecule has 2 amide bonds. The standard InChI is InChI=1S/C21H21N3O3/c1-14-5-6-18-16(12-14)17(13-19(22-18)20-4-3-11-27-20)21(26)24-9-7-23(8-10-24)15(2)25/h3-6,11-13H,7-10H2,1-2H3. The van der Waals surface area contributed by atoms with E-state index in [1.165, 1.54) is 0 Å². The zero-order chi connectivity index (χ0) is 19.0. The lowest BCUT2D eigenvalue weighted by Crippen LogP contribution is -2.50. The number of carbonyl (C=O) groups is 2. The average molecular weight is 363 g/mol. The van der Waals surface area contributed by atoms with Crippen molar-refractivity contribution in [3.8, 4) is 11.5 Å². The van der Waals surface area contributed by atoms with E-state index < -0.39 is 0 Å². The molecule has 1 aliphatic rings. The van der Waals surface area contributed by atoms with Crippen LogP contribution in [0.15, 0.2) is 47.1 Å². The largest absolute Gasteiger partial charge is 0.463 e. The summed E-state index contributed by atoms with van der Waals surface area (Å²) in [6.45, 7) is 5.75. The molecule has 1 fully saturated rings. The highest BCUT2D eigenvalue weighted by atomic mass is 16.3. The molecule has 3 aromatic rings. The highest BCUT2D eigenvalue weighted by molar-refractivity contribution is 6.07. The zero-order valence-corrected chi connectivity index (χ0v) is 15.4. The second kappa shape index (κ2) is 6.87. The molecule has 27 heavy (non-hydrogen) atoms. The quantitative estimate of drug-likeness (QED) is 0.702. The summed E-state index contributed by atoms with van der Waals surface area (Å²) in [6, 6.07) is 11.4. The maximum atomic E-state index is 13.3. The van der Waals surface area contributed by atoms with E-state index in [4.69, 9.17) is 4.42 Å². The maximum absolute atomic E-state index is 13.3. The maximum Gasteiger partial charge on any atom is 0.254 e. The first-order chi connectivity index (χ1) is 13.0. The van der Waals surface area contributed by atoms with Crippen LogP contribution in [0.3, 0.4) is 0 Å². The smallest absolute Gasteiger partial charge is 0.254 e. The fourth-order valence-electron chi connectivity index (χ4n) is 3.46. The lowest BCUT2D eigenvalue weighted by molar-refractivity contribution is -0.130. The zero-order valence-electron chi connectivity index (χ0n) is 15.4. The van der Waals surface area contributed by atoms with Crippen LogP contribution in [0.1, 0.15) is 22.8 Å². The summed E-state index contributed by atoms with van der Waals surface area (Å²) in [5.41, 5.74) is 3.10. The Morgan fingerprint density at radius 2 is 1.78 bits per heavy atom. The second-order valence-corrected chi connectivity index (χ2v) is 6.85. The topological polar surface area (TPSA) is 66.7 Å². The van der Waals surface area contributed by atoms with Crippen molar-refractivity contribution < 1.29 is 14.0 Å². The van der Waals surface area contributed by atoms with Gasteiger partial charge in [-0.05, 0) is 37.3 Å². The van der Waals surface area contributed by atoms with Gasteiger partial charge in [0.15, 0.2) is 5.76 Å². The molecule has 0 bridgehead atoms. The Morgan fingerprint density at radius 1 is 1.04 bits per heavy atom. The van der Waals surface area contributed by atoms with Gasteiger partial charge in [-0.15, -0.1) is 0 Å². The van der Waals surface area contributed by atoms with Gasteiger partial charge in [0.2, 0.25) is 5.91 Å². The van der Waals surface area contributed by atoms with Gasteiger partial charge in [0.1, 0.15) is 5.69 Å². The van der Waals surface area contributed by atoms with Gasteiger partial charge in [0, 0.05) is 38.5 Å². The van der Waals surface area contributed by atoms with E-state index in [0.717, 1.165) is 16.5 Å². The Morgan fingerprint density at radius 3 is 2.44 bits per heavy atom. The average Bonchev–Trinajstić information content (AvgIpc) is 3.21. The molecule has 2 aromatic heterocycles. The number of amides is 2. The van der Waals surface area contributed by atoms with Crippen molar-refractivity contribution in [3.63, 3.8) is 0 Å². The molecule has 0 N–H and O–H groups in total. The predicted molar refractivity (Wildman–Crippen MR) is 102 cm³/mol. The Kier molecular flexibility index (Phi) is 4.39. The van der Waals surface area contributed by atoms with Crippen LogP contribution in [-0.4, -0.2) is 52.8 Å². The van der Waals surface area contributed by atoms with Gasteiger partial charge >= 0.3 is 0 Å². The van der Waals surface area contributed by atoms with Crippen LogP contribution in [0.25, 0.3) is 22.4 Å². The highest BCUT2D eigenvalue weighted by Crippen LogP contribution is 2.27. The number of benzene rings is 1. The van der Waals surface area contributed by atoms with Gasteiger partial charge < -0.3 is 14.2 Å². The van der Waals surface area contributed by atoms with Gasteiger partial charge in [-0.1, -0.05) is 11.6 Å². The molecule has 6 nitrogen and oxygen atoms in total. The fourth-order valence-corrected chi connectivity index (χ4v) is 3.46. The van der Waals surface area contributed by atoms with Crippen LogP contribution >= 0.6 is 0 Å². The molecule has 3 heterocycles. The Labute approximate surface area is 157 Å². The molecule has 0 aliphatic carbocycles. The summed E-state index contributed by atoms with van der Waals surface area (Å²) < 4.78 is 5.48. The Balaban J connectivity index is 1.74. The van der Waals surface area contributed by atoms with Crippen molar-refractivity contribution in [2.24, 2.45) is 0 Å². The van der Waals surface area contributed by atoms with Crippen molar-refractivity contribution in [3.05, 3.63) is 53.8 Å². The number of nitrogens with zero attached hydrogens (tertiary/aromatic N) is 3. The summed E-state index contributed by atoms with van der Waals surface area (Å²) in [5.74, 6) is 0.643. The molecular formula is C21H21N3O3. The van der Waals surface area contributed by atoms with E-state index in [1.54, 1.807) is 30.2 Å². The molecular weight excluding hydrogens is 342 g/mol. The molecule has 0 saturated carbocycles. The van der Waals surface area contributed by atoms with Crippen molar-refractivity contribution in [1.82, 2.24) is 14.8 Å². The minimum atomic E-state index is -0.0380. The highest BCUT2D eigenvalue weighted by Gasteiger charge is 2.25. The summed E-state index contributed by atoms with van der Waals surface area (Å²) in [7, 11) is 0. The summed E-state index contributed by atoms with van der Waals surface area (Å²) in [5, 5.41) is 0.837. The van der Waals surface area contributed by atoms with Crippen molar-refractivity contribution in [1.29, 1.82) is 0 Å². The van der Waals surface area contributed by atoms with E-state index in [9.17, 15) is 9.59 Å². The molecule has 4 rings (SSSR count). The number of carbonyl (C=O) groups excluding carboxylic acids is 2. The third-order valence-electron chi connectivity index (χ3n) is 4.98. The Bertz CT molecular complexity index is 1000. The SMILES string of the molecule is CC(=O)N1CCN(C(=O)c2cc(-c3ccco3)nc3ccc(C)cc23)CC1. The van der Waals surface area contributed by atoms with Gasteiger partial charge in [-0.3, -0.25) is 9.59 Å². The first kappa shape index (κ1) is 17.3. The van der Waals surface area contributed by atoms with Crippen molar-refractivity contribution >= 4 is 22.7 Å². The first-order valence-corrected chi connectivity index (χ1v) is 9.03.